The molecule has 0 aromatic rings. The quantitative estimate of drug-likeness (QED) is 0.0257. The second-order valence-electron chi connectivity index (χ2n) is 18.9. The summed E-state index contributed by atoms with van der Waals surface area (Å²) >= 11 is 0. The number of quaternary nitrogens is 1. The summed E-state index contributed by atoms with van der Waals surface area (Å²) in [5, 5.41) is 0. The number of ether oxygens (including phenoxy) is 2. The number of nitrogens with zero attached hydrogens (tertiary/aromatic N) is 1. The zero-order chi connectivity index (χ0) is 44.3. The number of phosphoric acid groups is 1. The molecule has 2 atom stereocenters. The van der Waals surface area contributed by atoms with E-state index in [-0.39, 0.29) is 32.0 Å². The maximum absolute atomic E-state index is 12.7. The van der Waals surface area contributed by atoms with Crippen molar-refractivity contribution >= 4 is 19.8 Å². The molecule has 0 fully saturated rings. The van der Waals surface area contributed by atoms with Crippen molar-refractivity contribution in [1.82, 2.24) is 0 Å². The Morgan fingerprint density at radius 3 is 1.07 bits per heavy atom. The minimum absolute atomic E-state index is 0.0253. The molecule has 0 aromatic carbocycles. The lowest BCUT2D eigenvalue weighted by molar-refractivity contribution is -0.870. The van der Waals surface area contributed by atoms with E-state index in [4.69, 9.17) is 18.5 Å². The van der Waals surface area contributed by atoms with Crippen molar-refractivity contribution in [3.05, 3.63) is 0 Å². The summed E-state index contributed by atoms with van der Waals surface area (Å²) in [6.45, 7) is 4.29. The van der Waals surface area contributed by atoms with Crippen LogP contribution >= 0.6 is 7.82 Å². The summed E-state index contributed by atoms with van der Waals surface area (Å²) in [6, 6.07) is 0. The molecule has 60 heavy (non-hydrogen) atoms. The van der Waals surface area contributed by atoms with E-state index < -0.39 is 26.5 Å². The summed E-state index contributed by atoms with van der Waals surface area (Å²) in [7, 11) is 1.19. The fourth-order valence-electron chi connectivity index (χ4n) is 7.60. The molecular formula is C50H100NO8P. The van der Waals surface area contributed by atoms with Gasteiger partial charge in [0.05, 0.1) is 27.7 Å². The summed E-state index contributed by atoms with van der Waals surface area (Å²) < 4.78 is 34.1. The highest BCUT2D eigenvalue weighted by Crippen LogP contribution is 2.38. The van der Waals surface area contributed by atoms with E-state index in [1.165, 1.54) is 193 Å². The van der Waals surface area contributed by atoms with E-state index in [9.17, 15) is 19.0 Å². The van der Waals surface area contributed by atoms with Gasteiger partial charge in [0.1, 0.15) is 19.8 Å². The Morgan fingerprint density at radius 2 is 0.750 bits per heavy atom. The van der Waals surface area contributed by atoms with Crippen molar-refractivity contribution in [2.24, 2.45) is 0 Å². The van der Waals surface area contributed by atoms with Crippen molar-refractivity contribution in [1.29, 1.82) is 0 Å². The predicted octanol–water partition coefficient (Wildman–Crippen LogP) is 14.5. The number of esters is 2. The van der Waals surface area contributed by atoms with Crippen LogP contribution in [0.4, 0.5) is 0 Å². The summed E-state index contributed by atoms with van der Waals surface area (Å²) in [6.07, 6.45) is 45.6. The van der Waals surface area contributed by atoms with Gasteiger partial charge < -0.3 is 27.9 Å². The Balaban J connectivity index is 4.18. The Labute approximate surface area is 372 Å². The molecule has 0 aliphatic carbocycles. The maximum atomic E-state index is 12.7. The van der Waals surface area contributed by atoms with Crippen molar-refractivity contribution < 1.29 is 42.1 Å². The molecule has 1 unspecified atom stereocenters. The minimum Gasteiger partial charge on any atom is -0.756 e. The summed E-state index contributed by atoms with van der Waals surface area (Å²) in [5.41, 5.74) is 0. The Kier molecular flexibility index (Phi) is 42.6. The predicted molar refractivity (Wildman–Crippen MR) is 250 cm³/mol. The fourth-order valence-corrected chi connectivity index (χ4v) is 8.33. The SMILES string of the molecule is CCCCCCCCCCCCCCCCCCCCCCCC(=O)O[C@H](COC(=O)CCCCCCCCCCCCCCCCC)COP(=O)([O-])OCC[N+](C)(C)C. The van der Waals surface area contributed by atoms with Crippen LogP contribution < -0.4 is 4.89 Å². The first-order valence-electron chi connectivity index (χ1n) is 25.7. The van der Waals surface area contributed by atoms with Crippen LogP contribution in [0.15, 0.2) is 0 Å². The highest BCUT2D eigenvalue weighted by molar-refractivity contribution is 7.45. The van der Waals surface area contributed by atoms with E-state index in [0.717, 1.165) is 32.1 Å². The number of hydrogen-bond donors (Lipinski definition) is 0. The molecule has 358 valence electrons. The molecule has 0 bridgehead atoms. The van der Waals surface area contributed by atoms with Crippen LogP contribution in [0.3, 0.4) is 0 Å². The molecule has 0 saturated heterocycles. The van der Waals surface area contributed by atoms with Crippen molar-refractivity contribution in [2.45, 2.75) is 264 Å². The van der Waals surface area contributed by atoms with Gasteiger partial charge in [-0.3, -0.25) is 14.2 Å². The molecule has 0 aromatic heterocycles. The van der Waals surface area contributed by atoms with E-state index >= 15 is 0 Å². The Hall–Kier alpha value is -0.990. The van der Waals surface area contributed by atoms with Gasteiger partial charge in [-0.2, -0.15) is 0 Å². The van der Waals surface area contributed by atoms with Gasteiger partial charge >= 0.3 is 11.9 Å². The first-order valence-corrected chi connectivity index (χ1v) is 27.2. The summed E-state index contributed by atoms with van der Waals surface area (Å²) in [5.74, 6) is -0.814. The first kappa shape index (κ1) is 59.0. The summed E-state index contributed by atoms with van der Waals surface area (Å²) in [4.78, 5) is 37.7. The molecule has 0 amide bonds. The molecule has 0 N–H and O–H groups in total. The van der Waals surface area contributed by atoms with E-state index in [1.54, 1.807) is 0 Å². The second-order valence-corrected chi connectivity index (χ2v) is 20.3. The third kappa shape index (κ3) is 46.5. The maximum Gasteiger partial charge on any atom is 0.306 e. The van der Waals surface area contributed by atoms with Gasteiger partial charge in [0.25, 0.3) is 7.82 Å². The van der Waals surface area contributed by atoms with Crippen LogP contribution in [-0.2, 0) is 32.7 Å². The smallest absolute Gasteiger partial charge is 0.306 e. The number of rotatable bonds is 48. The largest absolute Gasteiger partial charge is 0.756 e. The lowest BCUT2D eigenvalue weighted by atomic mass is 10.0. The number of likely N-dealkylation sites (N-methyl/N-ethyl adjacent to an activating group) is 1. The lowest BCUT2D eigenvalue weighted by Gasteiger charge is -2.28. The van der Waals surface area contributed by atoms with Crippen LogP contribution in [0.5, 0.6) is 0 Å². The highest BCUT2D eigenvalue weighted by atomic mass is 31.2. The molecule has 9 nitrogen and oxygen atoms in total. The van der Waals surface area contributed by atoms with E-state index in [0.29, 0.717) is 17.4 Å². The molecule has 10 heteroatoms. The van der Waals surface area contributed by atoms with Crippen LogP contribution in [0.1, 0.15) is 258 Å². The first-order chi connectivity index (χ1) is 29.0. The normalized spacial score (nSPS) is 13.4. The van der Waals surface area contributed by atoms with Gasteiger partial charge in [0.2, 0.25) is 0 Å². The average molecular weight is 874 g/mol. The molecule has 0 aliphatic heterocycles. The molecule has 0 aliphatic rings. The highest BCUT2D eigenvalue weighted by Gasteiger charge is 2.21. The third-order valence-corrected chi connectivity index (χ3v) is 12.6. The Morgan fingerprint density at radius 1 is 0.450 bits per heavy atom. The zero-order valence-electron chi connectivity index (χ0n) is 40.4. The van der Waals surface area contributed by atoms with Crippen LogP contribution in [0.25, 0.3) is 0 Å². The van der Waals surface area contributed by atoms with Crippen molar-refractivity contribution in [2.75, 3.05) is 47.5 Å². The van der Waals surface area contributed by atoms with Gasteiger partial charge in [-0.25, -0.2) is 0 Å². The molecule has 0 heterocycles. The van der Waals surface area contributed by atoms with Gasteiger partial charge in [-0.1, -0.05) is 232 Å². The van der Waals surface area contributed by atoms with Gasteiger partial charge in [0.15, 0.2) is 6.10 Å². The molecular weight excluding hydrogens is 774 g/mol. The number of carbonyl (C=O) groups is 2. The minimum atomic E-state index is -4.62. The standard InChI is InChI=1S/C50H100NO8P/c1-6-8-10-12-14-16-18-20-22-23-24-25-26-27-29-31-33-35-37-39-41-43-50(53)59-48(47-58-60(54,55)57-45-44-51(3,4)5)46-56-49(52)42-40-38-36-34-32-30-28-21-19-17-15-13-11-9-7-2/h48H,6-47H2,1-5H3/t48-/m1/s1. The van der Waals surface area contributed by atoms with Crippen LogP contribution in [-0.4, -0.2) is 70.0 Å². The van der Waals surface area contributed by atoms with Gasteiger partial charge in [0, 0.05) is 12.8 Å². The number of carbonyl (C=O) groups excluding carboxylic acids is 2. The van der Waals surface area contributed by atoms with Crippen LogP contribution in [0, 0.1) is 0 Å². The topological polar surface area (TPSA) is 111 Å². The Bertz CT molecular complexity index is 990. The van der Waals surface area contributed by atoms with Gasteiger partial charge in [-0.05, 0) is 12.8 Å². The molecule has 0 spiro atoms. The third-order valence-electron chi connectivity index (χ3n) is 11.6. The lowest BCUT2D eigenvalue weighted by Crippen LogP contribution is -2.37. The van der Waals surface area contributed by atoms with Crippen LogP contribution in [0.2, 0.25) is 0 Å². The number of hydrogen-bond acceptors (Lipinski definition) is 8. The van der Waals surface area contributed by atoms with Crippen molar-refractivity contribution in [3.63, 3.8) is 0 Å². The van der Waals surface area contributed by atoms with Gasteiger partial charge in [-0.15, -0.1) is 0 Å². The fraction of sp³-hybridized carbons (Fsp3) is 0.960. The van der Waals surface area contributed by atoms with Crippen molar-refractivity contribution in [3.8, 4) is 0 Å². The molecule has 0 rings (SSSR count). The zero-order valence-corrected chi connectivity index (χ0v) is 41.3. The number of unbranched alkanes of at least 4 members (excludes halogenated alkanes) is 34. The van der Waals surface area contributed by atoms with E-state index in [1.807, 2.05) is 21.1 Å². The number of phosphoric ester groups is 1. The second kappa shape index (κ2) is 43.3. The molecule has 0 saturated carbocycles. The monoisotopic (exact) mass is 874 g/mol. The average Bonchev–Trinajstić information content (AvgIpc) is 3.20. The van der Waals surface area contributed by atoms with E-state index in [2.05, 4.69) is 13.8 Å². The molecule has 0 radical (unpaired) electrons.